The van der Waals surface area contributed by atoms with Gasteiger partial charge in [-0.15, -0.1) is 0 Å². The van der Waals surface area contributed by atoms with Crippen molar-refractivity contribution in [3.05, 3.63) is 0 Å². The Morgan fingerprint density at radius 2 is 1.73 bits per heavy atom. The Labute approximate surface area is 67.1 Å². The van der Waals surface area contributed by atoms with Crippen molar-refractivity contribution in [3.8, 4) is 0 Å². The highest BCUT2D eigenvalue weighted by Crippen LogP contribution is 2.14. The monoisotopic (exact) mass is 164 g/mol. The number of hydrogen-bond acceptors (Lipinski definition) is 4. The quantitative estimate of drug-likeness (QED) is 0.596. The molecule has 0 aromatic heterocycles. The molecule has 1 atom stereocenters. The summed E-state index contributed by atoms with van der Waals surface area (Å²) in [5.41, 5.74) is 0. The van der Waals surface area contributed by atoms with Crippen molar-refractivity contribution in [1.29, 1.82) is 0 Å². The molecule has 0 fully saturated rings. The van der Waals surface area contributed by atoms with Crippen molar-refractivity contribution >= 4 is 0 Å². The molecule has 0 heterocycles. The molecule has 0 aromatic rings. The second-order valence-electron chi connectivity index (χ2n) is 2.48. The molecule has 1 unspecified atom stereocenters. The average molecular weight is 164 g/mol. The first-order valence-electron chi connectivity index (χ1n) is 3.39. The van der Waals surface area contributed by atoms with Crippen LogP contribution in [0, 0.1) is 0 Å². The molecule has 0 rings (SSSR count). The van der Waals surface area contributed by atoms with Gasteiger partial charge < -0.3 is 19.3 Å². The Kier molecular flexibility index (Phi) is 4.60. The Hall–Kier alpha value is -0.160. The first-order valence-corrected chi connectivity index (χ1v) is 3.39. The second-order valence-corrected chi connectivity index (χ2v) is 2.48. The second kappa shape index (κ2) is 4.66. The van der Waals surface area contributed by atoms with Crippen LogP contribution in [-0.2, 0) is 14.2 Å². The van der Waals surface area contributed by atoms with Crippen molar-refractivity contribution < 1.29 is 19.3 Å². The molecule has 0 saturated carbocycles. The Morgan fingerprint density at radius 3 is 2.00 bits per heavy atom. The minimum absolute atomic E-state index is 0.288. The summed E-state index contributed by atoms with van der Waals surface area (Å²) in [4.78, 5) is 0. The van der Waals surface area contributed by atoms with Crippen molar-refractivity contribution in [2.75, 3.05) is 21.3 Å². The van der Waals surface area contributed by atoms with Crippen LogP contribution in [0.2, 0.25) is 0 Å². The fourth-order valence-electron chi connectivity index (χ4n) is 0.655. The zero-order chi connectivity index (χ0) is 8.91. The highest BCUT2D eigenvalue weighted by molar-refractivity contribution is 4.60. The molecule has 0 aliphatic heterocycles. The van der Waals surface area contributed by atoms with Crippen LogP contribution in [0.1, 0.15) is 13.3 Å². The Balaban J connectivity index is 3.79. The number of aliphatic hydroxyl groups is 1. The van der Waals surface area contributed by atoms with E-state index >= 15 is 0 Å². The highest BCUT2D eigenvalue weighted by atomic mass is 16.7. The lowest BCUT2D eigenvalue weighted by molar-refractivity contribution is -0.225. The molecule has 0 amide bonds. The predicted molar refractivity (Wildman–Crippen MR) is 40.1 cm³/mol. The topological polar surface area (TPSA) is 47.9 Å². The maximum Gasteiger partial charge on any atom is 0.167 e. The molecule has 4 nitrogen and oxygen atoms in total. The van der Waals surface area contributed by atoms with Crippen LogP contribution in [0.5, 0.6) is 0 Å². The molecule has 11 heavy (non-hydrogen) atoms. The lowest BCUT2D eigenvalue weighted by atomic mass is 10.2. The van der Waals surface area contributed by atoms with Gasteiger partial charge in [-0.2, -0.15) is 0 Å². The molecule has 68 valence electrons. The maximum absolute atomic E-state index is 9.37. The van der Waals surface area contributed by atoms with Gasteiger partial charge in [0.25, 0.3) is 0 Å². The molecule has 1 N–H and O–H groups in total. The third-order valence-corrected chi connectivity index (χ3v) is 1.51. The highest BCUT2D eigenvalue weighted by Gasteiger charge is 2.24. The summed E-state index contributed by atoms with van der Waals surface area (Å²) < 4.78 is 14.5. The van der Waals surface area contributed by atoms with Crippen LogP contribution in [-0.4, -0.2) is 38.5 Å². The van der Waals surface area contributed by atoms with Crippen LogP contribution in [0.25, 0.3) is 0 Å². The van der Waals surface area contributed by atoms with Crippen LogP contribution < -0.4 is 0 Å². The molecular weight excluding hydrogens is 148 g/mol. The lowest BCUT2D eigenvalue weighted by Crippen LogP contribution is -2.33. The SMILES string of the molecule is COC(CC(C)(O)OC)OC. The van der Waals surface area contributed by atoms with E-state index < -0.39 is 12.1 Å². The van der Waals surface area contributed by atoms with Gasteiger partial charge in [0.2, 0.25) is 0 Å². The zero-order valence-electron chi connectivity index (χ0n) is 7.46. The molecule has 0 saturated heterocycles. The van der Waals surface area contributed by atoms with E-state index in [1.54, 1.807) is 6.92 Å². The van der Waals surface area contributed by atoms with Crippen LogP contribution in [0.3, 0.4) is 0 Å². The van der Waals surface area contributed by atoms with Gasteiger partial charge in [0.1, 0.15) is 0 Å². The first kappa shape index (κ1) is 10.8. The van der Waals surface area contributed by atoms with E-state index in [4.69, 9.17) is 14.2 Å². The molecule has 0 radical (unpaired) electrons. The zero-order valence-corrected chi connectivity index (χ0v) is 7.46. The minimum atomic E-state index is -1.18. The normalized spacial score (nSPS) is 16.9. The largest absolute Gasteiger partial charge is 0.365 e. The van der Waals surface area contributed by atoms with Crippen LogP contribution in [0.4, 0.5) is 0 Å². The van der Waals surface area contributed by atoms with Gasteiger partial charge in [-0.3, -0.25) is 0 Å². The number of methoxy groups -OCH3 is 3. The van der Waals surface area contributed by atoms with E-state index in [0.717, 1.165) is 0 Å². The molecule has 0 aromatic carbocycles. The van der Waals surface area contributed by atoms with Gasteiger partial charge in [0.05, 0.1) is 6.42 Å². The summed E-state index contributed by atoms with van der Waals surface area (Å²) in [5.74, 6) is -1.18. The lowest BCUT2D eigenvalue weighted by Gasteiger charge is -2.25. The van der Waals surface area contributed by atoms with Gasteiger partial charge in [-0.05, 0) is 6.92 Å². The molecule has 0 aliphatic carbocycles. The first-order chi connectivity index (χ1) is 5.05. The van der Waals surface area contributed by atoms with E-state index in [-0.39, 0.29) is 6.42 Å². The fraction of sp³-hybridized carbons (Fsp3) is 1.00. The number of ether oxygens (including phenoxy) is 3. The van der Waals surface area contributed by atoms with Gasteiger partial charge in [-0.25, -0.2) is 0 Å². The third kappa shape index (κ3) is 4.31. The average Bonchev–Trinajstić information content (AvgIpc) is 2.00. The number of hydrogen-bond donors (Lipinski definition) is 1. The summed E-state index contributed by atoms with van der Waals surface area (Å²) in [6, 6.07) is 0. The van der Waals surface area contributed by atoms with Gasteiger partial charge in [-0.1, -0.05) is 0 Å². The Morgan fingerprint density at radius 1 is 1.27 bits per heavy atom. The summed E-state index contributed by atoms with van der Waals surface area (Å²) in [6.07, 6.45) is -0.138. The van der Waals surface area contributed by atoms with Crippen molar-refractivity contribution in [2.45, 2.75) is 25.4 Å². The Bertz CT molecular complexity index is 98.6. The van der Waals surface area contributed by atoms with E-state index in [1.165, 1.54) is 21.3 Å². The maximum atomic E-state index is 9.37. The molecule has 4 heteroatoms. The molecule has 0 spiro atoms. The van der Waals surface area contributed by atoms with Crippen LogP contribution >= 0.6 is 0 Å². The molecule has 0 aliphatic rings. The van der Waals surface area contributed by atoms with E-state index in [2.05, 4.69) is 0 Å². The van der Waals surface area contributed by atoms with Crippen LogP contribution in [0.15, 0.2) is 0 Å². The van der Waals surface area contributed by atoms with E-state index in [9.17, 15) is 5.11 Å². The summed E-state index contributed by atoms with van der Waals surface area (Å²) in [5, 5.41) is 9.37. The minimum Gasteiger partial charge on any atom is -0.365 e. The smallest absolute Gasteiger partial charge is 0.167 e. The molecule has 0 bridgehead atoms. The molecular formula is C7H16O4. The standard InChI is InChI=1S/C7H16O4/c1-7(8,11-4)5-6(9-2)10-3/h6,8H,5H2,1-4H3. The van der Waals surface area contributed by atoms with E-state index in [0.29, 0.717) is 0 Å². The van der Waals surface area contributed by atoms with E-state index in [1.807, 2.05) is 0 Å². The summed E-state index contributed by atoms with van der Waals surface area (Å²) in [7, 11) is 4.46. The van der Waals surface area contributed by atoms with Gasteiger partial charge >= 0.3 is 0 Å². The van der Waals surface area contributed by atoms with Gasteiger partial charge in [0.15, 0.2) is 12.1 Å². The predicted octanol–water partition coefficient (Wildman–Crippen LogP) is 0.350. The fourth-order valence-corrected chi connectivity index (χ4v) is 0.655. The van der Waals surface area contributed by atoms with Gasteiger partial charge in [0, 0.05) is 21.3 Å². The summed E-state index contributed by atoms with van der Waals surface area (Å²) in [6.45, 7) is 1.55. The van der Waals surface area contributed by atoms with Crippen molar-refractivity contribution in [3.63, 3.8) is 0 Å². The van der Waals surface area contributed by atoms with Crippen molar-refractivity contribution in [2.24, 2.45) is 0 Å². The van der Waals surface area contributed by atoms with Crippen molar-refractivity contribution in [1.82, 2.24) is 0 Å². The summed E-state index contributed by atoms with van der Waals surface area (Å²) >= 11 is 0. The third-order valence-electron chi connectivity index (χ3n) is 1.51. The number of rotatable bonds is 5.